The highest BCUT2D eigenvalue weighted by molar-refractivity contribution is 7.99. The van der Waals surface area contributed by atoms with Crippen molar-refractivity contribution < 1.29 is 0 Å². The molecule has 3 nitrogen and oxygen atoms in total. The molecular weight excluding hydrogens is 388 g/mol. The molecule has 1 aliphatic carbocycles. The molecule has 0 radical (unpaired) electrons. The summed E-state index contributed by atoms with van der Waals surface area (Å²) in [6.07, 6.45) is 1.85. The molecule has 0 atom stereocenters. The molecule has 1 aromatic heterocycles. The molecule has 30 heavy (non-hydrogen) atoms. The molecule has 4 heteroatoms. The number of nitrogens with zero attached hydrogens (tertiary/aromatic N) is 2. The second-order valence-corrected chi connectivity index (χ2v) is 9.85. The van der Waals surface area contributed by atoms with E-state index in [9.17, 15) is 4.79 Å². The van der Waals surface area contributed by atoms with E-state index in [4.69, 9.17) is 0 Å². The quantitative estimate of drug-likeness (QED) is 0.296. The van der Waals surface area contributed by atoms with Crippen molar-refractivity contribution in [3.63, 3.8) is 0 Å². The number of allylic oxidation sites excluding steroid dienone is 1. The number of rotatable bonds is 6. The third-order valence-corrected chi connectivity index (χ3v) is 6.59. The minimum absolute atomic E-state index is 0.157. The maximum atomic E-state index is 13.1. The maximum Gasteiger partial charge on any atom is 0.349 e. The Balaban J connectivity index is 1.83. The number of hydrogen-bond donors (Lipinski definition) is 0. The molecule has 0 aliphatic heterocycles. The lowest BCUT2D eigenvalue weighted by Crippen LogP contribution is -2.38. The Morgan fingerprint density at radius 1 is 1.13 bits per heavy atom. The van der Waals surface area contributed by atoms with Crippen molar-refractivity contribution in [1.29, 1.82) is 0 Å². The van der Waals surface area contributed by atoms with Gasteiger partial charge in [0.05, 0.1) is 0 Å². The zero-order valence-electron chi connectivity index (χ0n) is 17.9. The van der Waals surface area contributed by atoms with E-state index in [0.717, 1.165) is 40.5 Å². The molecule has 0 spiro atoms. The van der Waals surface area contributed by atoms with E-state index < -0.39 is 0 Å². The topological polar surface area (TPSA) is 34.9 Å². The number of benzene rings is 2. The largest absolute Gasteiger partial charge is 0.349 e. The van der Waals surface area contributed by atoms with Gasteiger partial charge in [-0.1, -0.05) is 80.6 Å². The van der Waals surface area contributed by atoms with Crippen molar-refractivity contribution in [2.75, 3.05) is 5.75 Å². The summed E-state index contributed by atoms with van der Waals surface area (Å²) in [4.78, 5) is 17.6. The van der Waals surface area contributed by atoms with Crippen molar-refractivity contribution in [2.24, 2.45) is 0 Å². The van der Waals surface area contributed by atoms with Crippen LogP contribution in [-0.2, 0) is 24.8 Å². The molecule has 0 unspecified atom stereocenters. The Bertz CT molecular complexity index is 1150. The smallest absolute Gasteiger partial charge is 0.291 e. The van der Waals surface area contributed by atoms with Gasteiger partial charge in [-0.2, -0.15) is 4.98 Å². The highest BCUT2D eigenvalue weighted by Gasteiger charge is 2.36. The molecule has 0 bridgehead atoms. The number of aromatic nitrogens is 2. The Labute approximate surface area is 182 Å². The fourth-order valence-electron chi connectivity index (χ4n) is 4.39. The predicted molar refractivity (Wildman–Crippen MR) is 126 cm³/mol. The fourth-order valence-corrected chi connectivity index (χ4v) is 5.42. The molecule has 3 aromatic rings. The van der Waals surface area contributed by atoms with Crippen LogP contribution in [0.3, 0.4) is 0 Å². The second kappa shape index (κ2) is 8.27. The lowest BCUT2D eigenvalue weighted by Gasteiger charge is -2.36. The Kier molecular flexibility index (Phi) is 5.70. The van der Waals surface area contributed by atoms with E-state index in [1.165, 1.54) is 16.7 Å². The zero-order valence-corrected chi connectivity index (χ0v) is 18.8. The van der Waals surface area contributed by atoms with Crippen molar-refractivity contribution in [2.45, 2.75) is 50.6 Å². The van der Waals surface area contributed by atoms with Crippen molar-refractivity contribution in [3.05, 3.63) is 94.1 Å². The van der Waals surface area contributed by atoms with E-state index in [1.54, 1.807) is 11.8 Å². The summed E-state index contributed by atoms with van der Waals surface area (Å²) < 4.78 is 1.84. The molecule has 154 valence electrons. The lowest BCUT2D eigenvalue weighted by molar-refractivity contribution is 0.455. The van der Waals surface area contributed by atoms with Gasteiger partial charge in [0, 0.05) is 29.0 Å². The Hall–Kier alpha value is -2.59. The van der Waals surface area contributed by atoms with Gasteiger partial charge in [-0.3, -0.25) is 4.57 Å². The molecule has 1 aliphatic rings. The number of hydrogen-bond acceptors (Lipinski definition) is 3. The summed E-state index contributed by atoms with van der Waals surface area (Å²) in [6, 6.07) is 19.0. The van der Waals surface area contributed by atoms with Crippen LogP contribution in [0.2, 0.25) is 0 Å². The van der Waals surface area contributed by atoms with E-state index >= 15 is 0 Å². The molecule has 0 saturated carbocycles. The van der Waals surface area contributed by atoms with Crippen molar-refractivity contribution in [1.82, 2.24) is 9.55 Å². The molecular formula is C26H28N2OS. The van der Waals surface area contributed by atoms with Crippen LogP contribution in [0.1, 0.15) is 37.6 Å². The standard InChI is InChI=1S/C26H28N2OS/c1-18(2)17-28-23-22(21-13-9-8-12-20(21)16-26(23,3)4)24(27-25(28)29)30-15-14-19-10-6-5-7-11-19/h5-13H,1,14-17H2,2-4H3. The molecule has 4 rings (SSSR count). The highest BCUT2D eigenvalue weighted by Crippen LogP contribution is 2.45. The van der Waals surface area contributed by atoms with Gasteiger partial charge in [0.2, 0.25) is 0 Å². The van der Waals surface area contributed by atoms with Crippen LogP contribution in [0.4, 0.5) is 0 Å². The van der Waals surface area contributed by atoms with Crippen LogP contribution in [-0.4, -0.2) is 15.3 Å². The van der Waals surface area contributed by atoms with Gasteiger partial charge in [0.15, 0.2) is 0 Å². The average molecular weight is 417 g/mol. The summed E-state index contributed by atoms with van der Waals surface area (Å²) >= 11 is 1.69. The minimum Gasteiger partial charge on any atom is -0.291 e. The molecule has 2 aromatic carbocycles. The average Bonchev–Trinajstić information content (AvgIpc) is 2.70. The van der Waals surface area contributed by atoms with Gasteiger partial charge < -0.3 is 0 Å². The normalized spacial score (nSPS) is 14.1. The molecule has 0 saturated heterocycles. The van der Waals surface area contributed by atoms with Gasteiger partial charge in [-0.15, -0.1) is 11.8 Å². The summed E-state index contributed by atoms with van der Waals surface area (Å²) in [7, 11) is 0. The Morgan fingerprint density at radius 3 is 2.57 bits per heavy atom. The number of aryl methyl sites for hydroxylation is 1. The first-order valence-electron chi connectivity index (χ1n) is 10.4. The monoisotopic (exact) mass is 416 g/mol. The SMILES string of the molecule is C=C(C)Cn1c2c(c(SCCc3ccccc3)nc1=O)-c1ccccc1CC2(C)C. The summed E-state index contributed by atoms with van der Waals surface area (Å²) in [5.41, 5.74) is 6.67. The summed E-state index contributed by atoms with van der Waals surface area (Å²) in [6.45, 7) is 11.0. The highest BCUT2D eigenvalue weighted by atomic mass is 32.2. The molecule has 0 amide bonds. The van der Waals surface area contributed by atoms with Crippen LogP contribution in [0.25, 0.3) is 11.1 Å². The van der Waals surface area contributed by atoms with Crippen molar-refractivity contribution in [3.8, 4) is 11.1 Å². The number of thioether (sulfide) groups is 1. The number of fused-ring (bicyclic) bond motifs is 3. The van der Waals surface area contributed by atoms with Crippen LogP contribution >= 0.6 is 11.8 Å². The van der Waals surface area contributed by atoms with Crippen LogP contribution in [0, 0.1) is 0 Å². The van der Waals surface area contributed by atoms with E-state index in [0.29, 0.717) is 6.54 Å². The molecule has 0 fully saturated rings. The van der Waals surface area contributed by atoms with Gasteiger partial charge in [-0.05, 0) is 36.5 Å². The first kappa shape index (κ1) is 20.7. The second-order valence-electron chi connectivity index (χ2n) is 8.77. The third kappa shape index (κ3) is 4.01. The van der Waals surface area contributed by atoms with E-state index in [1.807, 2.05) is 17.6 Å². The van der Waals surface area contributed by atoms with Crippen molar-refractivity contribution >= 4 is 11.8 Å². The van der Waals surface area contributed by atoms with Crippen LogP contribution < -0.4 is 5.69 Å². The first-order chi connectivity index (χ1) is 14.4. The van der Waals surface area contributed by atoms with Crippen LogP contribution in [0.15, 0.2) is 76.6 Å². The summed E-state index contributed by atoms with van der Waals surface area (Å²) in [5, 5.41) is 0.851. The van der Waals surface area contributed by atoms with Gasteiger partial charge >= 0.3 is 5.69 Å². The zero-order chi connectivity index (χ0) is 21.3. The third-order valence-electron chi connectivity index (χ3n) is 5.61. The van der Waals surface area contributed by atoms with Gasteiger partial charge in [-0.25, -0.2) is 4.79 Å². The van der Waals surface area contributed by atoms with Crippen LogP contribution in [0.5, 0.6) is 0 Å². The summed E-state index contributed by atoms with van der Waals surface area (Å²) in [5.74, 6) is 0.885. The first-order valence-corrected chi connectivity index (χ1v) is 11.4. The van der Waals surface area contributed by atoms with E-state index in [-0.39, 0.29) is 11.1 Å². The minimum atomic E-state index is -0.175. The van der Waals surface area contributed by atoms with Gasteiger partial charge in [0.25, 0.3) is 0 Å². The van der Waals surface area contributed by atoms with E-state index in [2.05, 4.69) is 73.9 Å². The Morgan fingerprint density at radius 2 is 1.83 bits per heavy atom. The molecule has 1 heterocycles. The predicted octanol–water partition coefficient (Wildman–Crippen LogP) is 5.65. The fraction of sp³-hybridized carbons (Fsp3) is 0.308. The maximum absolute atomic E-state index is 13.1. The lowest BCUT2D eigenvalue weighted by atomic mass is 9.73. The van der Waals surface area contributed by atoms with Gasteiger partial charge in [0.1, 0.15) is 5.03 Å². The molecule has 0 N–H and O–H groups in total.